The molecule has 0 radical (unpaired) electrons. The second-order valence-corrected chi connectivity index (χ2v) is 11.5. The number of anilines is 1. The molecule has 206 valence electrons. The van der Waals surface area contributed by atoms with Gasteiger partial charge in [-0.2, -0.15) is 23.7 Å². The van der Waals surface area contributed by atoms with Crippen molar-refractivity contribution in [3.63, 3.8) is 0 Å². The average molecular weight is 580 g/mol. The number of carbonyl (C=O) groups excluding carboxylic acids is 2. The van der Waals surface area contributed by atoms with Crippen molar-refractivity contribution in [1.82, 2.24) is 9.97 Å². The standard InChI is InChI=1S/C25H24F3N5O4S2/c1-24(15-36-18-7-6-16(11-29)31-14-18,37-22(34)5-3-2-4-19-8-9-38-39-19)23(35)33-17-10-20(25(26,27)28)21(12-30)32-13-17/h6-7,10,13-14,19H,2-5,8-9,15H2,1H3,(H,33,35)/t19-,24+/m1/s1. The van der Waals surface area contributed by atoms with Crippen molar-refractivity contribution in [1.29, 1.82) is 10.5 Å². The van der Waals surface area contributed by atoms with Crippen LogP contribution in [-0.2, 0) is 20.5 Å². The molecule has 2 atom stereocenters. The van der Waals surface area contributed by atoms with Crippen molar-refractivity contribution >= 4 is 39.2 Å². The lowest BCUT2D eigenvalue weighted by molar-refractivity contribution is -0.167. The summed E-state index contributed by atoms with van der Waals surface area (Å²) in [4.78, 5) is 33.2. The summed E-state index contributed by atoms with van der Waals surface area (Å²) in [5, 5.41) is 20.7. The van der Waals surface area contributed by atoms with Gasteiger partial charge < -0.3 is 14.8 Å². The lowest BCUT2D eigenvalue weighted by Gasteiger charge is -2.28. The van der Waals surface area contributed by atoms with Crippen LogP contribution in [0.4, 0.5) is 18.9 Å². The highest BCUT2D eigenvalue weighted by Gasteiger charge is 2.40. The van der Waals surface area contributed by atoms with Gasteiger partial charge in [-0.05, 0) is 44.4 Å². The van der Waals surface area contributed by atoms with Crippen LogP contribution >= 0.6 is 21.6 Å². The van der Waals surface area contributed by atoms with Gasteiger partial charge in [-0.1, -0.05) is 28.0 Å². The molecule has 0 saturated carbocycles. The number of ether oxygens (including phenoxy) is 2. The zero-order valence-corrected chi connectivity index (χ0v) is 22.4. The number of amides is 1. The molecule has 1 amide bonds. The Labute approximate surface area is 230 Å². The number of hydrogen-bond acceptors (Lipinski definition) is 10. The van der Waals surface area contributed by atoms with E-state index in [0.717, 1.165) is 31.2 Å². The highest BCUT2D eigenvalue weighted by atomic mass is 33.1. The van der Waals surface area contributed by atoms with Crippen LogP contribution in [0.1, 0.15) is 56.0 Å². The van der Waals surface area contributed by atoms with E-state index in [1.807, 2.05) is 27.7 Å². The van der Waals surface area contributed by atoms with Crippen LogP contribution in [0.5, 0.6) is 5.75 Å². The fraction of sp³-hybridized carbons (Fsp3) is 0.440. The van der Waals surface area contributed by atoms with Crippen LogP contribution in [0.15, 0.2) is 30.6 Å². The number of aromatic nitrogens is 2. The predicted octanol–water partition coefficient (Wildman–Crippen LogP) is 5.27. The van der Waals surface area contributed by atoms with Gasteiger partial charge in [-0.25, -0.2) is 9.97 Å². The highest BCUT2D eigenvalue weighted by molar-refractivity contribution is 8.77. The summed E-state index contributed by atoms with van der Waals surface area (Å²) in [6.45, 7) is 0.773. The molecule has 2 aromatic heterocycles. The Hall–Kier alpha value is -3.49. The second-order valence-electron chi connectivity index (χ2n) is 8.74. The minimum absolute atomic E-state index is 0.0441. The molecule has 9 nitrogen and oxygen atoms in total. The number of nitrogens with zero attached hydrogens (tertiary/aromatic N) is 4. The van der Waals surface area contributed by atoms with Gasteiger partial charge in [0.2, 0.25) is 5.60 Å². The van der Waals surface area contributed by atoms with Crippen LogP contribution in [0.2, 0.25) is 0 Å². The largest absolute Gasteiger partial charge is 0.487 e. The molecule has 1 aliphatic rings. The fourth-order valence-corrected chi connectivity index (χ4v) is 6.53. The number of esters is 1. The minimum Gasteiger partial charge on any atom is -0.487 e. The van der Waals surface area contributed by atoms with Crippen LogP contribution in [0.3, 0.4) is 0 Å². The van der Waals surface area contributed by atoms with Gasteiger partial charge in [0, 0.05) is 17.4 Å². The minimum atomic E-state index is -4.88. The fourth-order valence-electron chi connectivity index (χ4n) is 3.50. The van der Waals surface area contributed by atoms with Gasteiger partial charge in [-0.3, -0.25) is 9.59 Å². The number of alkyl halides is 3. The quantitative estimate of drug-likeness (QED) is 0.213. The number of nitriles is 2. The van der Waals surface area contributed by atoms with Crippen LogP contribution in [-0.4, -0.2) is 45.1 Å². The molecule has 3 heterocycles. The third kappa shape index (κ3) is 8.76. The number of pyridine rings is 2. The van der Waals surface area contributed by atoms with Crippen LogP contribution < -0.4 is 10.1 Å². The zero-order chi connectivity index (χ0) is 28.5. The smallest absolute Gasteiger partial charge is 0.419 e. The molecule has 0 aliphatic carbocycles. The molecule has 2 aromatic rings. The lowest BCUT2D eigenvalue weighted by Crippen LogP contribution is -2.49. The number of hydrogen-bond donors (Lipinski definition) is 1. The van der Waals surface area contributed by atoms with Crippen molar-refractivity contribution < 1.29 is 32.2 Å². The van der Waals surface area contributed by atoms with Crippen LogP contribution in [0, 0.1) is 22.7 Å². The summed E-state index contributed by atoms with van der Waals surface area (Å²) >= 11 is 0. The molecule has 14 heteroatoms. The summed E-state index contributed by atoms with van der Waals surface area (Å²) in [6.07, 6.45) is 0.758. The first-order valence-electron chi connectivity index (χ1n) is 11.8. The normalized spacial score (nSPS) is 16.4. The van der Waals surface area contributed by atoms with Crippen molar-refractivity contribution in [3.05, 3.63) is 47.5 Å². The summed E-state index contributed by atoms with van der Waals surface area (Å²) in [5.74, 6) is -0.345. The summed E-state index contributed by atoms with van der Waals surface area (Å²) in [6, 6.07) is 6.63. The number of halogens is 3. The summed E-state index contributed by atoms with van der Waals surface area (Å²) < 4.78 is 51.1. The topological polar surface area (TPSA) is 138 Å². The first kappa shape index (κ1) is 30.1. The van der Waals surface area contributed by atoms with Crippen molar-refractivity contribution in [3.8, 4) is 17.9 Å². The van der Waals surface area contributed by atoms with Crippen molar-refractivity contribution in [2.24, 2.45) is 0 Å². The van der Waals surface area contributed by atoms with E-state index in [1.54, 1.807) is 0 Å². The van der Waals surface area contributed by atoms with E-state index in [-0.39, 0.29) is 23.6 Å². The molecule has 1 fully saturated rings. The molecule has 0 bridgehead atoms. The van der Waals surface area contributed by atoms with E-state index in [0.29, 0.717) is 17.7 Å². The van der Waals surface area contributed by atoms with Gasteiger partial charge in [0.15, 0.2) is 5.69 Å². The van der Waals surface area contributed by atoms with Crippen molar-refractivity contribution in [2.75, 3.05) is 17.7 Å². The summed E-state index contributed by atoms with van der Waals surface area (Å²) in [5.41, 5.74) is -4.32. The Morgan fingerprint density at radius 2 is 1.97 bits per heavy atom. The number of unbranched alkanes of at least 4 members (excludes halogenated alkanes) is 1. The van der Waals surface area contributed by atoms with Gasteiger partial charge in [0.05, 0.1) is 23.6 Å². The highest BCUT2D eigenvalue weighted by Crippen LogP contribution is 2.40. The van der Waals surface area contributed by atoms with E-state index in [4.69, 9.17) is 20.0 Å². The lowest BCUT2D eigenvalue weighted by atomic mass is 10.1. The first-order valence-corrected chi connectivity index (χ1v) is 14.2. The monoisotopic (exact) mass is 579 g/mol. The molecule has 0 aromatic carbocycles. The molecular formula is C25H24F3N5O4S2. The molecule has 1 saturated heterocycles. The van der Waals surface area contributed by atoms with Gasteiger partial charge in [0.25, 0.3) is 5.91 Å². The molecule has 0 spiro atoms. The maximum absolute atomic E-state index is 13.3. The SMILES string of the molecule is C[C@@](COc1ccc(C#N)nc1)(OC(=O)CCCC[C@@H]1CCSS1)C(=O)Nc1cnc(C#N)c(C(F)(F)F)c1. The third-order valence-electron chi connectivity index (χ3n) is 5.63. The Kier molecular flexibility index (Phi) is 10.4. The third-order valence-corrected chi connectivity index (χ3v) is 8.63. The van der Waals surface area contributed by atoms with Gasteiger partial charge >= 0.3 is 12.1 Å². The van der Waals surface area contributed by atoms with Gasteiger partial charge in [-0.15, -0.1) is 0 Å². The molecule has 1 N–H and O–H groups in total. The Morgan fingerprint density at radius 1 is 1.18 bits per heavy atom. The number of rotatable bonds is 11. The molecule has 0 unspecified atom stereocenters. The molecular weight excluding hydrogens is 555 g/mol. The average Bonchev–Trinajstić information content (AvgIpc) is 3.43. The Balaban J connectivity index is 1.72. The van der Waals surface area contributed by atoms with E-state index in [2.05, 4.69) is 15.3 Å². The van der Waals surface area contributed by atoms with E-state index < -0.39 is 41.5 Å². The van der Waals surface area contributed by atoms with E-state index in [9.17, 15) is 22.8 Å². The van der Waals surface area contributed by atoms with E-state index >= 15 is 0 Å². The maximum Gasteiger partial charge on any atom is 0.419 e. The predicted molar refractivity (Wildman–Crippen MR) is 138 cm³/mol. The molecule has 3 rings (SSSR count). The first-order chi connectivity index (χ1) is 18.5. The van der Waals surface area contributed by atoms with Crippen LogP contribution in [0.25, 0.3) is 0 Å². The number of carbonyl (C=O) groups is 2. The summed E-state index contributed by atoms with van der Waals surface area (Å²) in [7, 11) is 3.67. The van der Waals surface area contributed by atoms with Gasteiger partial charge in [0.1, 0.15) is 30.2 Å². The number of nitrogens with one attached hydrogen (secondary N) is 1. The zero-order valence-electron chi connectivity index (χ0n) is 20.8. The second kappa shape index (κ2) is 13.5. The van der Waals surface area contributed by atoms with Crippen molar-refractivity contribution in [2.45, 2.75) is 56.1 Å². The molecule has 39 heavy (non-hydrogen) atoms. The van der Waals surface area contributed by atoms with E-state index in [1.165, 1.54) is 31.3 Å². The maximum atomic E-state index is 13.3. The molecule has 1 aliphatic heterocycles. The Bertz CT molecular complexity index is 1260. The Morgan fingerprint density at radius 3 is 2.59 bits per heavy atom.